The molecule has 2 N–H and O–H groups in total. The fourth-order valence-corrected chi connectivity index (χ4v) is 8.08. The van der Waals surface area contributed by atoms with Crippen LogP contribution in [-0.4, -0.2) is 36.3 Å². The molecule has 1 unspecified atom stereocenters. The van der Waals surface area contributed by atoms with E-state index in [9.17, 15) is 9.59 Å². The van der Waals surface area contributed by atoms with Gasteiger partial charge in [0.05, 0.1) is 18.8 Å². The molecule has 4 fully saturated rings. The Kier molecular flexibility index (Phi) is 6.82. The van der Waals surface area contributed by atoms with Gasteiger partial charge in [0.2, 0.25) is 0 Å². The van der Waals surface area contributed by atoms with Gasteiger partial charge >= 0.3 is 11.9 Å². The van der Waals surface area contributed by atoms with Crippen LogP contribution in [0.15, 0.2) is 0 Å². The third-order valence-corrected chi connectivity index (χ3v) is 9.07. The van der Waals surface area contributed by atoms with Crippen LogP contribution < -0.4 is 10.6 Å². The molecule has 5 rings (SSSR count). The van der Waals surface area contributed by atoms with Crippen molar-refractivity contribution in [2.45, 2.75) is 72.3 Å². The van der Waals surface area contributed by atoms with Gasteiger partial charge in [-0.25, -0.2) is 9.59 Å². The van der Waals surface area contributed by atoms with Gasteiger partial charge in [-0.05, 0) is 107 Å². The maximum Gasteiger partial charge on any atom is 0.348 e. The van der Waals surface area contributed by atoms with E-state index in [1.807, 2.05) is 0 Å². The Balaban J connectivity index is 1.50. The molecule has 4 bridgehead atoms. The lowest BCUT2D eigenvalue weighted by Gasteiger charge is -2.59. The average Bonchev–Trinajstić information content (AvgIpc) is 3.03. The summed E-state index contributed by atoms with van der Waals surface area (Å²) in [7, 11) is 0. The summed E-state index contributed by atoms with van der Waals surface area (Å²) in [5.74, 6) is 1.71. The zero-order chi connectivity index (χ0) is 23.0. The predicted octanol–water partition coefficient (Wildman–Crippen LogP) is 5.30. The lowest BCUT2D eigenvalue weighted by Crippen LogP contribution is -2.56. The molecule has 6 nitrogen and oxygen atoms in total. The summed E-state index contributed by atoms with van der Waals surface area (Å²) >= 11 is 6.85. The molecule has 0 saturated heterocycles. The smallest absolute Gasteiger partial charge is 0.348 e. The highest BCUT2D eigenvalue weighted by Gasteiger charge is 2.53. The van der Waals surface area contributed by atoms with Crippen LogP contribution in [0.1, 0.15) is 84.9 Å². The first-order valence-corrected chi connectivity index (χ1v) is 13.0. The molecule has 0 radical (unpaired) electrons. The van der Waals surface area contributed by atoms with Crippen molar-refractivity contribution in [2.75, 3.05) is 18.5 Å². The molecule has 8 heteroatoms. The number of carbonyl (C=O) groups excluding carboxylic acids is 2. The minimum absolute atomic E-state index is 0.257. The number of esters is 2. The summed E-state index contributed by atoms with van der Waals surface area (Å²) in [5, 5.41) is 7.74. The topological polar surface area (TPSA) is 76.7 Å². The van der Waals surface area contributed by atoms with Gasteiger partial charge in [0.25, 0.3) is 0 Å². The maximum absolute atomic E-state index is 12.6. The van der Waals surface area contributed by atoms with Gasteiger partial charge in [0.15, 0.2) is 5.11 Å². The molecule has 4 aliphatic rings. The summed E-state index contributed by atoms with van der Waals surface area (Å²) in [6.45, 7) is 8.05. The van der Waals surface area contributed by atoms with Gasteiger partial charge in [-0.2, -0.15) is 0 Å². The minimum Gasteiger partial charge on any atom is -0.462 e. The molecule has 32 heavy (non-hydrogen) atoms. The highest BCUT2D eigenvalue weighted by atomic mass is 32.1. The zero-order valence-electron chi connectivity index (χ0n) is 19.4. The number of rotatable bonds is 7. The Morgan fingerprint density at radius 3 is 2.12 bits per heavy atom. The number of hydrogen-bond acceptors (Lipinski definition) is 6. The van der Waals surface area contributed by atoms with Crippen LogP contribution >= 0.6 is 23.6 Å². The molecule has 0 amide bonds. The van der Waals surface area contributed by atoms with Crippen molar-refractivity contribution in [3.05, 3.63) is 16.0 Å². The van der Waals surface area contributed by atoms with Gasteiger partial charge in [-0.1, -0.05) is 0 Å². The fourth-order valence-electron chi connectivity index (χ4n) is 6.64. The highest BCUT2D eigenvalue weighted by molar-refractivity contribution is 7.80. The van der Waals surface area contributed by atoms with E-state index in [4.69, 9.17) is 21.7 Å². The van der Waals surface area contributed by atoms with Crippen LogP contribution in [-0.2, 0) is 9.47 Å². The molecular formula is C24H34N2O4S2. The van der Waals surface area contributed by atoms with Crippen molar-refractivity contribution in [2.24, 2.45) is 23.2 Å². The molecule has 176 valence electrons. The van der Waals surface area contributed by atoms with Gasteiger partial charge < -0.3 is 20.1 Å². The van der Waals surface area contributed by atoms with E-state index in [1.54, 1.807) is 20.8 Å². The molecule has 0 spiro atoms. The second-order valence-electron chi connectivity index (χ2n) is 9.80. The number of thiocarbonyl (C=S) groups is 1. The van der Waals surface area contributed by atoms with Crippen molar-refractivity contribution in [1.82, 2.24) is 5.32 Å². The van der Waals surface area contributed by atoms with Crippen molar-refractivity contribution in [3.63, 3.8) is 0 Å². The zero-order valence-corrected chi connectivity index (χ0v) is 21.0. The lowest BCUT2D eigenvalue weighted by atomic mass is 9.48. The standard InChI is InChI=1S/C24H34N2O4S2/c1-5-29-21(27)18-13(3)19(22(28)30-6-2)32-20(18)26-23(31)25-14(4)24-10-15-7-16(11-24)9-17(8-15)12-24/h14-17H,5-12H2,1-4H3,(H2,25,26,31). The van der Waals surface area contributed by atoms with Crippen LogP contribution in [0, 0.1) is 30.1 Å². The summed E-state index contributed by atoms with van der Waals surface area (Å²) in [5.41, 5.74) is 1.23. The first-order chi connectivity index (χ1) is 15.3. The fraction of sp³-hybridized carbons (Fsp3) is 0.708. The molecule has 1 atom stereocenters. The normalized spacial score (nSPS) is 28.8. The Morgan fingerprint density at radius 1 is 1.06 bits per heavy atom. The van der Waals surface area contributed by atoms with Crippen molar-refractivity contribution >= 4 is 45.6 Å². The molecule has 0 aromatic carbocycles. The van der Waals surface area contributed by atoms with E-state index in [2.05, 4.69) is 17.6 Å². The Hall–Kier alpha value is -1.67. The third kappa shape index (κ3) is 4.40. The van der Waals surface area contributed by atoms with Crippen LogP contribution in [0.3, 0.4) is 0 Å². The van der Waals surface area contributed by atoms with E-state index >= 15 is 0 Å². The van der Waals surface area contributed by atoms with E-state index in [0.29, 0.717) is 31.5 Å². The predicted molar refractivity (Wildman–Crippen MR) is 130 cm³/mol. The van der Waals surface area contributed by atoms with Gasteiger partial charge in [-0.15, -0.1) is 11.3 Å². The first kappa shape index (κ1) is 23.5. The lowest BCUT2D eigenvalue weighted by molar-refractivity contribution is -0.0671. The number of carbonyl (C=O) groups is 2. The molecule has 1 aromatic heterocycles. The number of anilines is 1. The molecule has 1 heterocycles. The van der Waals surface area contributed by atoms with Crippen LogP contribution in [0.2, 0.25) is 0 Å². The van der Waals surface area contributed by atoms with Gasteiger partial charge in [0, 0.05) is 6.04 Å². The molecular weight excluding hydrogens is 444 g/mol. The summed E-state index contributed by atoms with van der Waals surface area (Å²) in [6, 6.07) is 0.257. The quantitative estimate of drug-likeness (QED) is 0.407. The second-order valence-corrected chi connectivity index (χ2v) is 11.2. The summed E-state index contributed by atoms with van der Waals surface area (Å²) in [4.78, 5) is 25.4. The summed E-state index contributed by atoms with van der Waals surface area (Å²) < 4.78 is 10.4. The monoisotopic (exact) mass is 478 g/mol. The van der Waals surface area contributed by atoms with Crippen molar-refractivity contribution < 1.29 is 19.1 Å². The highest BCUT2D eigenvalue weighted by Crippen LogP contribution is 2.61. The summed E-state index contributed by atoms with van der Waals surface area (Å²) in [6.07, 6.45) is 8.08. The molecule has 4 aliphatic carbocycles. The van der Waals surface area contributed by atoms with Crippen LogP contribution in [0.5, 0.6) is 0 Å². The number of ether oxygens (including phenoxy) is 2. The maximum atomic E-state index is 12.6. The average molecular weight is 479 g/mol. The van der Waals surface area contributed by atoms with Crippen molar-refractivity contribution in [3.8, 4) is 0 Å². The van der Waals surface area contributed by atoms with Crippen LogP contribution in [0.25, 0.3) is 0 Å². The van der Waals surface area contributed by atoms with Gasteiger partial charge in [-0.3, -0.25) is 0 Å². The Morgan fingerprint density at radius 2 is 1.59 bits per heavy atom. The largest absolute Gasteiger partial charge is 0.462 e. The number of hydrogen-bond donors (Lipinski definition) is 2. The number of thiophene rings is 1. The second kappa shape index (κ2) is 9.29. The van der Waals surface area contributed by atoms with E-state index in [-0.39, 0.29) is 19.3 Å². The molecule has 0 aliphatic heterocycles. The molecule has 1 aromatic rings. The van der Waals surface area contributed by atoms with Crippen molar-refractivity contribution in [1.29, 1.82) is 0 Å². The molecule has 4 saturated carbocycles. The van der Waals surface area contributed by atoms with E-state index in [0.717, 1.165) is 17.8 Å². The SMILES string of the molecule is CCOC(=O)c1sc(NC(=S)NC(C)C23CC4CC(CC(C4)C2)C3)c(C(=O)OCC)c1C. The van der Waals surface area contributed by atoms with Gasteiger partial charge in [0.1, 0.15) is 9.88 Å². The third-order valence-electron chi connectivity index (χ3n) is 7.67. The van der Waals surface area contributed by atoms with E-state index in [1.165, 1.54) is 49.9 Å². The van der Waals surface area contributed by atoms with Crippen LogP contribution in [0.4, 0.5) is 5.00 Å². The Bertz CT molecular complexity index is 875. The first-order valence-electron chi connectivity index (χ1n) is 11.8. The minimum atomic E-state index is -0.462. The Labute approximate surface area is 199 Å². The van der Waals surface area contributed by atoms with E-state index < -0.39 is 11.9 Å². The number of nitrogens with one attached hydrogen (secondary N) is 2.